The summed E-state index contributed by atoms with van der Waals surface area (Å²) in [4.78, 5) is 13.0. The van der Waals surface area contributed by atoms with Crippen molar-refractivity contribution < 1.29 is 14.3 Å². The van der Waals surface area contributed by atoms with Crippen molar-refractivity contribution in [3.8, 4) is 0 Å². The van der Waals surface area contributed by atoms with E-state index in [1.54, 1.807) is 0 Å². The molecule has 1 aromatic heterocycles. The number of hydrogen-bond donors (Lipinski definition) is 1. The molecular weight excluding hydrogens is 310 g/mol. The van der Waals surface area contributed by atoms with E-state index >= 15 is 0 Å². The van der Waals surface area contributed by atoms with E-state index in [0.717, 1.165) is 0 Å². The van der Waals surface area contributed by atoms with Crippen LogP contribution in [0.25, 0.3) is 10.4 Å². The Balaban J connectivity index is 3.43. The first kappa shape index (κ1) is 10.1. The lowest BCUT2D eigenvalue weighted by Gasteiger charge is -1.87. The molecule has 1 aromatic rings. The van der Waals surface area contributed by atoms with Gasteiger partial charge in [-0.1, -0.05) is 5.11 Å². The highest BCUT2D eigenvalue weighted by molar-refractivity contribution is 9.13. The third-order valence-electron chi connectivity index (χ3n) is 1.13. The number of nitrogens with zero attached hydrogens (tertiary/aromatic N) is 3. The van der Waals surface area contributed by atoms with E-state index in [1.165, 1.54) is 0 Å². The number of carboxylic acids is 1. The fourth-order valence-corrected chi connectivity index (χ4v) is 1.34. The Bertz CT molecular complexity index is 407. The molecule has 13 heavy (non-hydrogen) atoms. The number of carbonyl (C=O) groups is 1. The van der Waals surface area contributed by atoms with Crippen LogP contribution in [0, 0.1) is 0 Å². The Kier molecular flexibility index (Phi) is 2.97. The quantitative estimate of drug-likeness (QED) is 0.514. The van der Waals surface area contributed by atoms with E-state index < -0.39 is 11.7 Å². The van der Waals surface area contributed by atoms with Crippen LogP contribution in [0.2, 0.25) is 0 Å². The van der Waals surface area contributed by atoms with Gasteiger partial charge >= 0.3 is 5.97 Å². The van der Waals surface area contributed by atoms with Crippen LogP contribution < -0.4 is 0 Å². The van der Waals surface area contributed by atoms with Crippen molar-refractivity contribution in [3.63, 3.8) is 0 Å². The summed E-state index contributed by atoms with van der Waals surface area (Å²) in [5.41, 5.74) is 8.07. The van der Waals surface area contributed by atoms with Gasteiger partial charge < -0.3 is 9.52 Å². The second-order valence-electron chi connectivity index (χ2n) is 1.86. The minimum Gasteiger partial charge on any atom is -0.475 e. The standard InChI is InChI=1S/C5HBr2N3O3/c6-1-2(9-10-8)3(5(11)12)13-4(1)7/h(H,11,12). The Morgan fingerprint density at radius 3 is 2.69 bits per heavy atom. The van der Waals surface area contributed by atoms with Gasteiger partial charge in [-0.2, -0.15) is 0 Å². The van der Waals surface area contributed by atoms with Gasteiger partial charge in [0.05, 0.1) is 4.47 Å². The normalized spacial score (nSPS) is 9.38. The summed E-state index contributed by atoms with van der Waals surface area (Å²) in [5, 5.41) is 11.8. The topological polar surface area (TPSA) is 99.2 Å². The highest BCUT2D eigenvalue weighted by atomic mass is 79.9. The number of rotatable bonds is 2. The van der Waals surface area contributed by atoms with Crippen LogP contribution in [0.4, 0.5) is 5.69 Å². The molecule has 0 unspecified atom stereocenters. The lowest BCUT2D eigenvalue weighted by molar-refractivity contribution is 0.0662. The van der Waals surface area contributed by atoms with Crippen LogP contribution >= 0.6 is 31.9 Å². The van der Waals surface area contributed by atoms with Gasteiger partial charge in [0, 0.05) is 4.91 Å². The van der Waals surface area contributed by atoms with E-state index in [4.69, 9.17) is 15.1 Å². The van der Waals surface area contributed by atoms with E-state index in [1.807, 2.05) is 0 Å². The molecule has 0 aliphatic carbocycles. The van der Waals surface area contributed by atoms with Gasteiger partial charge in [-0.25, -0.2) is 4.79 Å². The molecule has 1 heterocycles. The van der Waals surface area contributed by atoms with Crippen LogP contribution in [0.15, 0.2) is 18.7 Å². The monoisotopic (exact) mass is 309 g/mol. The maximum atomic E-state index is 10.5. The molecule has 0 saturated carbocycles. The maximum absolute atomic E-state index is 10.5. The van der Waals surface area contributed by atoms with Crippen molar-refractivity contribution in [1.29, 1.82) is 0 Å². The lowest BCUT2D eigenvalue weighted by atomic mass is 10.4. The van der Waals surface area contributed by atoms with Gasteiger partial charge in [-0.3, -0.25) is 0 Å². The van der Waals surface area contributed by atoms with Gasteiger partial charge in [-0.05, 0) is 37.4 Å². The third kappa shape index (κ3) is 1.85. The number of carboxylic acid groups (broad SMARTS) is 1. The van der Waals surface area contributed by atoms with Crippen molar-refractivity contribution in [2.75, 3.05) is 0 Å². The van der Waals surface area contributed by atoms with Crippen molar-refractivity contribution in [2.45, 2.75) is 0 Å². The molecule has 0 aromatic carbocycles. The predicted octanol–water partition coefficient (Wildman–Crippen LogP) is 3.44. The van der Waals surface area contributed by atoms with Crippen LogP contribution in [-0.4, -0.2) is 11.1 Å². The van der Waals surface area contributed by atoms with Crippen LogP contribution in [0.5, 0.6) is 0 Å². The molecule has 0 bridgehead atoms. The minimum atomic E-state index is -1.30. The Labute approximate surface area is 88.4 Å². The molecule has 0 amide bonds. The Morgan fingerprint density at radius 2 is 2.23 bits per heavy atom. The molecule has 1 rings (SSSR count). The number of halogens is 2. The first-order chi connectivity index (χ1) is 6.07. The Morgan fingerprint density at radius 1 is 1.62 bits per heavy atom. The van der Waals surface area contributed by atoms with Crippen molar-refractivity contribution in [2.24, 2.45) is 5.11 Å². The zero-order chi connectivity index (χ0) is 10.0. The first-order valence-electron chi connectivity index (χ1n) is 2.84. The third-order valence-corrected chi connectivity index (χ3v) is 2.95. The molecule has 0 spiro atoms. The van der Waals surface area contributed by atoms with Crippen molar-refractivity contribution in [1.82, 2.24) is 0 Å². The summed E-state index contributed by atoms with van der Waals surface area (Å²) in [5.74, 6) is -1.70. The van der Waals surface area contributed by atoms with Crippen molar-refractivity contribution >= 4 is 43.5 Å². The van der Waals surface area contributed by atoms with E-state index in [-0.39, 0.29) is 14.8 Å². The van der Waals surface area contributed by atoms with E-state index in [9.17, 15) is 4.79 Å². The van der Waals surface area contributed by atoms with Crippen LogP contribution in [0.1, 0.15) is 10.6 Å². The zero-order valence-electron chi connectivity index (χ0n) is 5.86. The van der Waals surface area contributed by atoms with E-state index in [2.05, 4.69) is 41.9 Å². The fourth-order valence-electron chi connectivity index (χ4n) is 0.654. The molecule has 0 aliphatic rings. The predicted molar refractivity (Wildman–Crippen MR) is 49.9 cm³/mol. The minimum absolute atomic E-state index is 0.0816. The lowest BCUT2D eigenvalue weighted by Crippen LogP contribution is -1.92. The molecule has 0 aliphatic heterocycles. The SMILES string of the molecule is [N-]=[N+]=Nc1c(C(=O)O)oc(Br)c1Br. The van der Waals surface area contributed by atoms with Gasteiger partial charge in [0.2, 0.25) is 5.76 Å². The van der Waals surface area contributed by atoms with Crippen molar-refractivity contribution in [3.05, 3.63) is 25.3 Å². The number of hydrogen-bond acceptors (Lipinski definition) is 3. The summed E-state index contributed by atoms with van der Waals surface area (Å²) < 4.78 is 5.22. The van der Waals surface area contributed by atoms with Gasteiger partial charge in [0.25, 0.3) is 0 Å². The summed E-state index contributed by atoms with van der Waals surface area (Å²) in [6, 6.07) is 0. The summed E-state index contributed by atoms with van der Waals surface area (Å²) in [7, 11) is 0. The fraction of sp³-hybridized carbons (Fsp3) is 0. The van der Waals surface area contributed by atoms with Gasteiger partial charge in [-0.15, -0.1) is 0 Å². The van der Waals surface area contributed by atoms with Gasteiger partial charge in [0.15, 0.2) is 4.67 Å². The summed E-state index contributed by atoms with van der Waals surface area (Å²) in [6.45, 7) is 0. The molecule has 0 fully saturated rings. The first-order valence-corrected chi connectivity index (χ1v) is 4.42. The number of aromatic carboxylic acids is 1. The Hall–Kier alpha value is -0.980. The second-order valence-corrected chi connectivity index (χ2v) is 3.38. The highest BCUT2D eigenvalue weighted by Crippen LogP contribution is 2.38. The molecule has 6 nitrogen and oxygen atoms in total. The average molecular weight is 311 g/mol. The average Bonchev–Trinajstić information content (AvgIpc) is 2.33. The molecule has 8 heteroatoms. The zero-order valence-corrected chi connectivity index (χ0v) is 9.03. The molecule has 68 valence electrons. The molecule has 0 saturated heterocycles. The molecule has 0 atom stereocenters. The number of furan rings is 1. The maximum Gasteiger partial charge on any atom is 0.372 e. The second kappa shape index (κ2) is 3.82. The molecule has 0 radical (unpaired) electrons. The summed E-state index contributed by atoms with van der Waals surface area (Å²) in [6.07, 6.45) is 0. The molecule has 1 N–H and O–H groups in total. The summed E-state index contributed by atoms with van der Waals surface area (Å²) >= 11 is 5.95. The van der Waals surface area contributed by atoms with E-state index in [0.29, 0.717) is 0 Å². The molecular formula is C5HBr2N3O3. The van der Waals surface area contributed by atoms with Crippen LogP contribution in [-0.2, 0) is 0 Å². The number of azide groups is 1. The van der Waals surface area contributed by atoms with Crippen LogP contribution in [0.3, 0.4) is 0 Å². The smallest absolute Gasteiger partial charge is 0.372 e. The largest absolute Gasteiger partial charge is 0.475 e. The van der Waals surface area contributed by atoms with Gasteiger partial charge in [0.1, 0.15) is 5.69 Å². The highest BCUT2D eigenvalue weighted by Gasteiger charge is 2.20.